The van der Waals surface area contributed by atoms with E-state index >= 15 is 0 Å². The number of hydrogen-bond donors (Lipinski definition) is 4. The van der Waals surface area contributed by atoms with E-state index in [1.807, 2.05) is 24.3 Å². The van der Waals surface area contributed by atoms with E-state index in [0.29, 0.717) is 36.4 Å². The van der Waals surface area contributed by atoms with Crippen LogP contribution in [-0.4, -0.2) is 62.8 Å². The number of phenolic OH excluding ortho intramolecular Hbond substituents is 1. The summed E-state index contributed by atoms with van der Waals surface area (Å²) in [6.45, 7) is 2.55. The average Bonchev–Trinajstić information content (AvgIpc) is 2.83. The van der Waals surface area contributed by atoms with Gasteiger partial charge in [0, 0.05) is 18.7 Å². The number of esters is 1. The zero-order valence-electron chi connectivity index (χ0n) is 20.5. The standard InChI is InChI=1S/C25H34N2O7S.ClH/c1-3-33-25(30)19-6-4-17(5-7-19)18-8-10-20(11-9-18)26-15-21(28)16-34-22-12-13-24(29)23(14-22)27-35(2,31)32;/h4-7,12-14,18,20-21,26-29H,3,8-11,15-16H2,1-2H3;1H/t18?,20?,21-;/m0./s1. The molecule has 1 fully saturated rings. The molecule has 1 saturated carbocycles. The molecule has 0 bridgehead atoms. The Morgan fingerprint density at radius 3 is 2.39 bits per heavy atom. The summed E-state index contributed by atoms with van der Waals surface area (Å²) in [5.74, 6) is 0.269. The normalized spacial score (nSPS) is 18.5. The first kappa shape index (κ1) is 29.7. The Morgan fingerprint density at radius 2 is 1.78 bits per heavy atom. The molecule has 0 aliphatic heterocycles. The van der Waals surface area contributed by atoms with Crippen molar-refractivity contribution < 1.29 is 32.9 Å². The Labute approximate surface area is 218 Å². The lowest BCUT2D eigenvalue weighted by atomic mass is 9.81. The number of hydrogen-bond acceptors (Lipinski definition) is 8. The molecule has 0 spiro atoms. The molecule has 1 aliphatic rings. The maximum absolute atomic E-state index is 11.8. The lowest BCUT2D eigenvalue weighted by Crippen LogP contribution is -2.39. The van der Waals surface area contributed by atoms with Gasteiger partial charge in [-0.1, -0.05) is 12.1 Å². The molecule has 0 radical (unpaired) electrons. The van der Waals surface area contributed by atoms with Gasteiger partial charge in [-0.3, -0.25) is 4.72 Å². The number of halogens is 1. The van der Waals surface area contributed by atoms with Crippen LogP contribution in [0.25, 0.3) is 0 Å². The van der Waals surface area contributed by atoms with Crippen molar-refractivity contribution in [1.82, 2.24) is 5.32 Å². The first-order valence-corrected chi connectivity index (χ1v) is 13.7. The third-order valence-corrected chi connectivity index (χ3v) is 6.56. The molecule has 0 unspecified atom stereocenters. The quantitative estimate of drug-likeness (QED) is 0.251. The monoisotopic (exact) mass is 542 g/mol. The van der Waals surface area contributed by atoms with Crippen LogP contribution in [0.5, 0.6) is 11.5 Å². The van der Waals surface area contributed by atoms with Crippen molar-refractivity contribution >= 4 is 34.1 Å². The molecular formula is C25H35ClN2O7S. The SMILES string of the molecule is CCOC(=O)c1ccc(C2CCC(NC[C@H](O)COc3ccc(O)c(NS(C)(=O)=O)c3)CC2)cc1.Cl. The Balaban J connectivity index is 0.00000456. The van der Waals surface area contributed by atoms with Gasteiger partial charge in [0.2, 0.25) is 10.0 Å². The molecule has 11 heteroatoms. The topological polar surface area (TPSA) is 134 Å². The molecule has 0 aromatic heterocycles. The number of carbonyl (C=O) groups is 1. The summed E-state index contributed by atoms with van der Waals surface area (Å²) >= 11 is 0. The Hall–Kier alpha value is -2.53. The van der Waals surface area contributed by atoms with Crippen LogP contribution in [0.4, 0.5) is 5.69 Å². The first-order chi connectivity index (χ1) is 16.6. The molecule has 1 aliphatic carbocycles. The maximum Gasteiger partial charge on any atom is 0.338 e. The molecule has 4 N–H and O–H groups in total. The van der Waals surface area contributed by atoms with E-state index < -0.39 is 16.1 Å². The number of sulfonamides is 1. The highest BCUT2D eigenvalue weighted by molar-refractivity contribution is 7.92. The van der Waals surface area contributed by atoms with Crippen molar-refractivity contribution in [3.63, 3.8) is 0 Å². The van der Waals surface area contributed by atoms with Crippen LogP contribution < -0.4 is 14.8 Å². The van der Waals surface area contributed by atoms with Gasteiger partial charge >= 0.3 is 5.97 Å². The maximum atomic E-state index is 11.8. The minimum atomic E-state index is -3.54. The number of phenols is 1. The molecular weight excluding hydrogens is 508 g/mol. The van der Waals surface area contributed by atoms with Gasteiger partial charge in [0.15, 0.2) is 0 Å². The van der Waals surface area contributed by atoms with Gasteiger partial charge in [-0.15, -0.1) is 12.4 Å². The number of aromatic hydroxyl groups is 1. The fourth-order valence-electron chi connectivity index (χ4n) is 4.18. The fraction of sp³-hybridized carbons (Fsp3) is 0.480. The summed E-state index contributed by atoms with van der Waals surface area (Å²) in [5.41, 5.74) is 1.81. The number of benzene rings is 2. The van der Waals surface area contributed by atoms with Gasteiger partial charge in [-0.25, -0.2) is 13.2 Å². The number of carbonyl (C=O) groups excluding carboxylic acids is 1. The number of ether oxygens (including phenoxy) is 2. The van der Waals surface area contributed by atoms with E-state index in [2.05, 4.69) is 10.0 Å². The van der Waals surface area contributed by atoms with Crippen LogP contribution in [0.3, 0.4) is 0 Å². The molecule has 9 nitrogen and oxygen atoms in total. The second kappa shape index (κ2) is 13.7. The number of rotatable bonds is 11. The van der Waals surface area contributed by atoms with Crippen LogP contribution in [0.2, 0.25) is 0 Å². The third kappa shape index (κ3) is 9.16. The van der Waals surface area contributed by atoms with E-state index in [1.54, 1.807) is 6.92 Å². The lowest BCUT2D eigenvalue weighted by molar-refractivity contribution is 0.0526. The van der Waals surface area contributed by atoms with Gasteiger partial charge in [0.25, 0.3) is 0 Å². The van der Waals surface area contributed by atoms with Crippen LogP contribution >= 0.6 is 12.4 Å². The summed E-state index contributed by atoms with van der Waals surface area (Å²) in [5, 5.41) is 23.5. The van der Waals surface area contributed by atoms with Crippen molar-refractivity contribution in [1.29, 1.82) is 0 Å². The number of aliphatic hydroxyl groups is 1. The number of nitrogens with one attached hydrogen (secondary N) is 2. The minimum Gasteiger partial charge on any atom is -0.506 e. The van der Waals surface area contributed by atoms with Crippen molar-refractivity contribution in [3.8, 4) is 11.5 Å². The summed E-state index contributed by atoms with van der Waals surface area (Å²) in [4.78, 5) is 11.8. The average molecular weight is 543 g/mol. The zero-order valence-corrected chi connectivity index (χ0v) is 22.1. The van der Waals surface area contributed by atoms with Crippen LogP contribution in [0.1, 0.15) is 54.4 Å². The predicted molar refractivity (Wildman–Crippen MR) is 141 cm³/mol. The molecule has 2 aromatic carbocycles. The van der Waals surface area contributed by atoms with Gasteiger partial charge < -0.3 is 25.0 Å². The highest BCUT2D eigenvalue weighted by Gasteiger charge is 2.23. The Bertz CT molecular complexity index is 1090. The minimum absolute atomic E-state index is 0. The summed E-state index contributed by atoms with van der Waals surface area (Å²) in [6, 6.07) is 12.2. The van der Waals surface area contributed by atoms with Gasteiger partial charge in [0.1, 0.15) is 24.2 Å². The molecule has 0 amide bonds. The van der Waals surface area contributed by atoms with Crippen LogP contribution in [0.15, 0.2) is 42.5 Å². The van der Waals surface area contributed by atoms with E-state index in [4.69, 9.17) is 9.47 Å². The van der Waals surface area contributed by atoms with Crippen molar-refractivity contribution in [3.05, 3.63) is 53.6 Å². The predicted octanol–water partition coefficient (Wildman–Crippen LogP) is 3.42. The van der Waals surface area contributed by atoms with Crippen molar-refractivity contribution in [2.75, 3.05) is 30.7 Å². The molecule has 1 atom stereocenters. The van der Waals surface area contributed by atoms with Crippen LogP contribution in [0, 0.1) is 0 Å². The second-order valence-corrected chi connectivity index (χ2v) is 10.6. The van der Waals surface area contributed by atoms with Gasteiger partial charge in [0.05, 0.1) is 24.1 Å². The molecule has 0 saturated heterocycles. The first-order valence-electron chi connectivity index (χ1n) is 11.8. The smallest absolute Gasteiger partial charge is 0.338 e. The van der Waals surface area contributed by atoms with Crippen molar-refractivity contribution in [2.45, 2.75) is 50.7 Å². The highest BCUT2D eigenvalue weighted by Crippen LogP contribution is 2.33. The second-order valence-electron chi connectivity index (χ2n) is 8.82. The molecule has 3 rings (SSSR count). The van der Waals surface area contributed by atoms with Crippen molar-refractivity contribution in [2.24, 2.45) is 0 Å². The van der Waals surface area contributed by atoms with E-state index in [-0.39, 0.29) is 36.4 Å². The fourth-order valence-corrected chi connectivity index (χ4v) is 4.74. The lowest BCUT2D eigenvalue weighted by Gasteiger charge is -2.30. The zero-order chi connectivity index (χ0) is 25.4. The number of anilines is 1. The largest absolute Gasteiger partial charge is 0.506 e. The van der Waals surface area contributed by atoms with E-state index in [1.165, 1.54) is 23.8 Å². The Morgan fingerprint density at radius 1 is 1.11 bits per heavy atom. The van der Waals surface area contributed by atoms with E-state index in [0.717, 1.165) is 31.9 Å². The van der Waals surface area contributed by atoms with E-state index in [9.17, 15) is 23.4 Å². The van der Waals surface area contributed by atoms with Gasteiger partial charge in [-0.05, 0) is 68.4 Å². The molecule has 2 aromatic rings. The number of aliphatic hydroxyl groups excluding tert-OH is 1. The highest BCUT2D eigenvalue weighted by atomic mass is 35.5. The molecule has 0 heterocycles. The van der Waals surface area contributed by atoms with Crippen LogP contribution in [-0.2, 0) is 14.8 Å². The molecule has 200 valence electrons. The summed E-state index contributed by atoms with van der Waals surface area (Å²) in [6.07, 6.45) is 4.25. The third-order valence-electron chi connectivity index (χ3n) is 5.97. The molecule has 36 heavy (non-hydrogen) atoms. The summed E-state index contributed by atoms with van der Waals surface area (Å²) < 4.78 is 35.6. The van der Waals surface area contributed by atoms with Gasteiger partial charge in [-0.2, -0.15) is 0 Å². The Kier molecular flexibility index (Phi) is 11.3. The summed E-state index contributed by atoms with van der Waals surface area (Å²) in [7, 11) is -3.54.